The molecule has 396 valence electrons. The maximum Gasteiger partial charge on any atom is 0.410 e. The zero-order valence-corrected chi connectivity index (χ0v) is 43.5. The molecule has 2 atom stereocenters. The number of fused-ring (bicyclic) bond motifs is 1. The van der Waals surface area contributed by atoms with E-state index in [9.17, 15) is 28.8 Å². The minimum atomic E-state index is -0.607. The number of carbonyl (C=O) groups excluding carboxylic acids is 5. The number of piperazine rings is 2. The highest BCUT2D eigenvalue weighted by atomic mass is 19.1. The molecule has 4 aromatic rings. The van der Waals surface area contributed by atoms with Gasteiger partial charge in [-0.3, -0.25) is 33.8 Å². The monoisotopic (exact) mass is 1020 g/mol. The number of benzene rings is 3. The van der Waals surface area contributed by atoms with Crippen molar-refractivity contribution in [2.24, 2.45) is 11.8 Å². The van der Waals surface area contributed by atoms with Crippen molar-refractivity contribution < 1.29 is 33.1 Å². The number of piperidine rings is 2. The number of aromatic amines is 1. The number of hydrogen-bond donors (Lipinski definition) is 2. The fourth-order valence-corrected chi connectivity index (χ4v) is 11.8. The third-order valence-electron chi connectivity index (χ3n) is 16.0. The lowest BCUT2D eigenvalue weighted by atomic mass is 9.83. The molecule has 0 unspecified atom stereocenters. The quantitative estimate of drug-likeness (QED) is 0.165. The normalized spacial score (nSPS) is 20.4. The van der Waals surface area contributed by atoms with Crippen LogP contribution in [-0.2, 0) is 20.7 Å². The summed E-state index contributed by atoms with van der Waals surface area (Å²) in [6, 6.07) is 18.7. The van der Waals surface area contributed by atoms with Gasteiger partial charge in [0.25, 0.3) is 17.4 Å². The number of ether oxygens (including phenoxy) is 1. The van der Waals surface area contributed by atoms with E-state index in [2.05, 4.69) is 25.3 Å². The molecular formula is C57H74FN9O7. The van der Waals surface area contributed by atoms with Gasteiger partial charge >= 0.3 is 6.09 Å². The van der Waals surface area contributed by atoms with Gasteiger partial charge in [0.2, 0.25) is 11.8 Å². The lowest BCUT2D eigenvalue weighted by molar-refractivity contribution is -0.137. The second kappa shape index (κ2) is 23.6. The molecule has 5 amide bonds. The molecule has 4 saturated heterocycles. The number of likely N-dealkylation sites (tertiary alicyclic amines) is 2. The van der Waals surface area contributed by atoms with E-state index in [1.807, 2.05) is 62.1 Å². The number of nitrogens with zero attached hydrogens (tertiary/aromatic N) is 7. The molecule has 4 aliphatic heterocycles. The Morgan fingerprint density at radius 1 is 0.730 bits per heavy atom. The first-order valence-electron chi connectivity index (χ1n) is 27.1. The number of nitrogens with one attached hydrogen (secondary N) is 2. The van der Waals surface area contributed by atoms with E-state index in [0.717, 1.165) is 96.1 Å². The van der Waals surface area contributed by atoms with Crippen molar-refractivity contribution in [2.45, 2.75) is 103 Å². The maximum atomic E-state index is 15.1. The fourth-order valence-electron chi connectivity index (χ4n) is 11.8. The minimum Gasteiger partial charge on any atom is -0.444 e. The Hall–Kier alpha value is -6.20. The van der Waals surface area contributed by atoms with Crippen LogP contribution in [0.2, 0.25) is 0 Å². The highest BCUT2D eigenvalue weighted by molar-refractivity contribution is 5.98. The van der Waals surface area contributed by atoms with Gasteiger partial charge in [0.05, 0.1) is 23.2 Å². The first-order chi connectivity index (χ1) is 35.7. The molecule has 5 heterocycles. The van der Waals surface area contributed by atoms with Gasteiger partial charge in [0, 0.05) is 95.3 Å². The molecule has 5 fully saturated rings. The molecule has 74 heavy (non-hydrogen) atoms. The molecule has 9 rings (SSSR count). The van der Waals surface area contributed by atoms with Gasteiger partial charge in [-0.1, -0.05) is 55.7 Å². The van der Waals surface area contributed by atoms with Crippen molar-refractivity contribution in [3.8, 4) is 0 Å². The Morgan fingerprint density at radius 3 is 2.16 bits per heavy atom. The maximum absolute atomic E-state index is 15.1. The summed E-state index contributed by atoms with van der Waals surface area (Å²) in [4.78, 5) is 92.5. The summed E-state index contributed by atoms with van der Waals surface area (Å²) in [5.41, 5.74) is 1.98. The molecule has 0 spiro atoms. The van der Waals surface area contributed by atoms with E-state index >= 15 is 4.39 Å². The molecule has 0 radical (unpaired) electrons. The predicted octanol–water partition coefficient (Wildman–Crippen LogP) is 6.29. The van der Waals surface area contributed by atoms with Crippen LogP contribution in [0.4, 0.5) is 9.18 Å². The van der Waals surface area contributed by atoms with Crippen LogP contribution in [0.1, 0.15) is 122 Å². The third kappa shape index (κ3) is 13.0. The summed E-state index contributed by atoms with van der Waals surface area (Å²) in [5.74, 6) is -0.539. The molecule has 1 aliphatic carbocycles. The van der Waals surface area contributed by atoms with Crippen molar-refractivity contribution in [1.82, 2.24) is 44.9 Å². The molecule has 0 bridgehead atoms. The predicted molar refractivity (Wildman–Crippen MR) is 280 cm³/mol. The van der Waals surface area contributed by atoms with Gasteiger partial charge in [-0.2, -0.15) is 5.10 Å². The second-order valence-electron chi connectivity index (χ2n) is 22.3. The van der Waals surface area contributed by atoms with Gasteiger partial charge in [-0.15, -0.1) is 0 Å². The van der Waals surface area contributed by atoms with Crippen LogP contribution in [-0.4, -0.2) is 173 Å². The Kier molecular flexibility index (Phi) is 16.8. The average Bonchev–Trinajstić information content (AvgIpc) is 3.41. The van der Waals surface area contributed by atoms with Crippen LogP contribution >= 0.6 is 0 Å². The second-order valence-corrected chi connectivity index (χ2v) is 22.3. The summed E-state index contributed by atoms with van der Waals surface area (Å²) in [7, 11) is 0. The van der Waals surface area contributed by atoms with Crippen molar-refractivity contribution >= 4 is 40.5 Å². The zero-order valence-electron chi connectivity index (χ0n) is 43.5. The number of H-pyrrole nitrogens is 1. The molecule has 1 saturated carbocycles. The first-order valence-corrected chi connectivity index (χ1v) is 27.1. The molecular weight excluding hydrogens is 942 g/mol. The number of carbonyl (C=O) groups is 5. The number of rotatable bonds is 12. The Labute approximate surface area is 433 Å². The fraction of sp³-hybridized carbons (Fsp3) is 0.561. The molecule has 16 nitrogen and oxygen atoms in total. The smallest absolute Gasteiger partial charge is 0.410 e. The van der Waals surface area contributed by atoms with E-state index in [4.69, 9.17) is 4.74 Å². The van der Waals surface area contributed by atoms with Crippen LogP contribution < -0.4 is 10.9 Å². The Bertz CT molecular complexity index is 2710. The highest BCUT2D eigenvalue weighted by Crippen LogP contribution is 2.31. The minimum absolute atomic E-state index is 0.0126. The standard InChI is InChI=1S/C57H74FN9O7/c1-57(2,3)74-56(73)67-22-10-15-44(37-67)42-13-9-14-43(35-42)52(69)59-51(41-11-5-4-6-12-41)55(72)66-27-25-63(26-28-66)36-39-20-23-62(24-21-39)38-50(68)64-29-31-65(32-30-64)54(71)47-33-40(18-19-48(47)58)34-49-45-16-7-8-17-46(45)53(70)61-60-49/h7-9,13-14,16-19,33,35,39,41,44,51H,4-6,10-12,15,20-32,34,36-38H2,1-3H3,(H,59,69)(H,61,70)/t44-,51+/m0/s1. The summed E-state index contributed by atoms with van der Waals surface area (Å²) >= 11 is 0. The summed E-state index contributed by atoms with van der Waals surface area (Å²) in [6.45, 7) is 13.9. The van der Waals surface area contributed by atoms with Gasteiger partial charge in [0.15, 0.2) is 0 Å². The van der Waals surface area contributed by atoms with Crippen molar-refractivity contribution in [3.05, 3.63) is 111 Å². The van der Waals surface area contributed by atoms with Crippen LogP contribution in [0, 0.1) is 17.7 Å². The molecule has 5 aliphatic rings. The Balaban J connectivity index is 0.707. The SMILES string of the molecule is CC(C)(C)OC(=O)N1CCC[C@H](c2cccc(C(=O)N[C@@H](C(=O)N3CCN(CC4CCN(CC(=O)N5CCN(C(=O)c6cc(Cc7n[nH]c(=O)c8ccccc78)ccc6F)CC5)CC4)CC3)C3CCCCC3)c2)C1. The van der Waals surface area contributed by atoms with Crippen LogP contribution in [0.3, 0.4) is 0 Å². The molecule has 3 aromatic carbocycles. The number of halogens is 1. The summed E-state index contributed by atoms with van der Waals surface area (Å²) in [6.07, 6.45) is 8.80. The van der Waals surface area contributed by atoms with E-state index in [1.165, 1.54) is 6.07 Å². The van der Waals surface area contributed by atoms with E-state index < -0.39 is 23.4 Å². The summed E-state index contributed by atoms with van der Waals surface area (Å²) in [5, 5.41) is 11.2. The van der Waals surface area contributed by atoms with Crippen molar-refractivity contribution in [1.29, 1.82) is 0 Å². The molecule has 17 heteroatoms. The zero-order chi connectivity index (χ0) is 51.9. The average molecular weight is 1020 g/mol. The lowest BCUT2D eigenvalue weighted by Gasteiger charge is -2.41. The third-order valence-corrected chi connectivity index (χ3v) is 16.0. The number of amides is 5. The largest absolute Gasteiger partial charge is 0.444 e. The highest BCUT2D eigenvalue weighted by Gasteiger charge is 2.37. The summed E-state index contributed by atoms with van der Waals surface area (Å²) < 4.78 is 20.8. The van der Waals surface area contributed by atoms with Crippen molar-refractivity contribution in [2.75, 3.05) is 91.6 Å². The van der Waals surface area contributed by atoms with Crippen LogP contribution in [0.15, 0.2) is 71.5 Å². The Morgan fingerprint density at radius 2 is 1.43 bits per heavy atom. The molecule has 2 N–H and O–H groups in total. The van der Waals surface area contributed by atoms with Crippen molar-refractivity contribution in [3.63, 3.8) is 0 Å². The topological polar surface area (TPSA) is 172 Å². The van der Waals surface area contributed by atoms with Crippen LogP contribution in [0.25, 0.3) is 10.8 Å². The number of hydrogen-bond acceptors (Lipinski definition) is 10. The number of aromatic nitrogens is 2. The van der Waals surface area contributed by atoms with E-state index in [1.54, 1.807) is 39.0 Å². The lowest BCUT2D eigenvalue weighted by Crippen LogP contribution is -2.57. The van der Waals surface area contributed by atoms with Gasteiger partial charge in [-0.25, -0.2) is 14.3 Å². The first kappa shape index (κ1) is 52.7. The van der Waals surface area contributed by atoms with E-state index in [0.29, 0.717) is 98.8 Å². The van der Waals surface area contributed by atoms with E-state index in [-0.39, 0.29) is 46.8 Å². The van der Waals surface area contributed by atoms with Gasteiger partial charge < -0.3 is 29.7 Å². The van der Waals surface area contributed by atoms with Gasteiger partial charge in [0.1, 0.15) is 17.5 Å². The molecule has 1 aromatic heterocycles. The van der Waals surface area contributed by atoms with Gasteiger partial charge in [-0.05, 0) is 126 Å². The van der Waals surface area contributed by atoms with Crippen LogP contribution in [0.5, 0.6) is 0 Å².